The molecular formula is C12H12Cl2N2O3S. The van der Waals surface area contributed by atoms with Gasteiger partial charge in [0.25, 0.3) is 9.05 Å². The van der Waals surface area contributed by atoms with Gasteiger partial charge in [0.15, 0.2) is 5.15 Å². The van der Waals surface area contributed by atoms with Crippen molar-refractivity contribution >= 4 is 31.3 Å². The summed E-state index contributed by atoms with van der Waals surface area (Å²) in [5, 5.41) is 4.12. The van der Waals surface area contributed by atoms with Gasteiger partial charge in [0, 0.05) is 17.8 Å². The van der Waals surface area contributed by atoms with Crippen LogP contribution in [0.1, 0.15) is 11.3 Å². The first-order valence-electron chi connectivity index (χ1n) is 5.62. The predicted octanol–water partition coefficient (Wildman–Crippen LogP) is 2.91. The van der Waals surface area contributed by atoms with Gasteiger partial charge in [-0.15, -0.1) is 0 Å². The zero-order chi connectivity index (χ0) is 14.9. The van der Waals surface area contributed by atoms with Gasteiger partial charge in [0.1, 0.15) is 10.6 Å². The molecule has 20 heavy (non-hydrogen) atoms. The number of aryl methyl sites for hydroxylation is 1. The Labute approximate surface area is 126 Å². The zero-order valence-corrected chi connectivity index (χ0v) is 13.1. The lowest BCUT2D eigenvalue weighted by molar-refractivity contribution is 0.179. The van der Waals surface area contributed by atoms with Crippen LogP contribution in [0.5, 0.6) is 0 Å². The highest BCUT2D eigenvalue weighted by Crippen LogP contribution is 2.31. The number of ether oxygens (including phenoxy) is 1. The van der Waals surface area contributed by atoms with E-state index in [9.17, 15) is 8.42 Å². The second-order valence-corrected chi connectivity index (χ2v) is 7.05. The van der Waals surface area contributed by atoms with Crippen molar-refractivity contribution in [3.63, 3.8) is 0 Å². The Kier molecular flexibility index (Phi) is 4.39. The molecule has 0 atom stereocenters. The van der Waals surface area contributed by atoms with Crippen molar-refractivity contribution in [2.24, 2.45) is 0 Å². The molecule has 0 spiro atoms. The number of hydrogen-bond acceptors (Lipinski definition) is 4. The van der Waals surface area contributed by atoms with Crippen LogP contribution in [0.3, 0.4) is 0 Å². The summed E-state index contributed by atoms with van der Waals surface area (Å²) in [6, 6.07) is 7.34. The maximum atomic E-state index is 11.6. The maximum absolute atomic E-state index is 11.6. The number of hydrogen-bond donors (Lipinski definition) is 0. The van der Waals surface area contributed by atoms with E-state index in [1.54, 1.807) is 6.07 Å². The number of aromatic nitrogens is 2. The van der Waals surface area contributed by atoms with E-state index in [4.69, 9.17) is 27.0 Å². The van der Waals surface area contributed by atoms with Crippen LogP contribution in [0.25, 0.3) is 5.69 Å². The number of nitrogens with zero attached hydrogens (tertiary/aromatic N) is 2. The highest BCUT2D eigenvalue weighted by molar-refractivity contribution is 8.13. The minimum Gasteiger partial charge on any atom is -0.378 e. The lowest BCUT2D eigenvalue weighted by Crippen LogP contribution is -1.98. The zero-order valence-electron chi connectivity index (χ0n) is 10.8. The molecule has 0 bridgehead atoms. The van der Waals surface area contributed by atoms with Gasteiger partial charge in [-0.3, -0.25) is 0 Å². The number of benzene rings is 1. The standard InChI is InChI=1S/C12H12Cl2N2O3S/c1-8-4-3-5-9(6-8)16-12(13)11(20(14,17)18)10(15-16)7-19-2/h3-6H,7H2,1-2H3. The van der Waals surface area contributed by atoms with E-state index < -0.39 is 9.05 Å². The first-order chi connectivity index (χ1) is 9.34. The molecule has 2 rings (SSSR count). The monoisotopic (exact) mass is 334 g/mol. The van der Waals surface area contributed by atoms with E-state index in [0.717, 1.165) is 5.56 Å². The van der Waals surface area contributed by atoms with Crippen LogP contribution >= 0.6 is 22.3 Å². The molecule has 1 heterocycles. The molecule has 1 aromatic carbocycles. The number of halogens is 2. The van der Waals surface area contributed by atoms with Gasteiger partial charge in [-0.25, -0.2) is 13.1 Å². The summed E-state index contributed by atoms with van der Waals surface area (Å²) in [6.07, 6.45) is 0. The molecule has 0 fully saturated rings. The van der Waals surface area contributed by atoms with Crippen molar-refractivity contribution in [3.05, 3.63) is 40.7 Å². The van der Waals surface area contributed by atoms with Gasteiger partial charge >= 0.3 is 0 Å². The summed E-state index contributed by atoms with van der Waals surface area (Å²) in [5.74, 6) is 0. The van der Waals surface area contributed by atoms with E-state index >= 15 is 0 Å². The normalized spacial score (nSPS) is 11.8. The van der Waals surface area contributed by atoms with Crippen molar-refractivity contribution in [2.45, 2.75) is 18.4 Å². The summed E-state index contributed by atoms with van der Waals surface area (Å²) in [4.78, 5) is -0.218. The molecule has 0 unspecified atom stereocenters. The highest BCUT2D eigenvalue weighted by Gasteiger charge is 2.26. The molecule has 0 saturated heterocycles. The lowest BCUT2D eigenvalue weighted by atomic mass is 10.2. The summed E-state index contributed by atoms with van der Waals surface area (Å²) < 4.78 is 29.5. The van der Waals surface area contributed by atoms with Crippen LogP contribution in [0, 0.1) is 6.92 Å². The molecule has 0 radical (unpaired) electrons. The fourth-order valence-electron chi connectivity index (χ4n) is 1.83. The van der Waals surface area contributed by atoms with E-state index in [1.165, 1.54) is 11.8 Å². The molecule has 108 valence electrons. The first-order valence-corrected chi connectivity index (χ1v) is 8.31. The Morgan fingerprint density at radius 3 is 2.65 bits per heavy atom. The lowest BCUT2D eigenvalue weighted by Gasteiger charge is -2.03. The molecule has 0 N–H and O–H groups in total. The van der Waals surface area contributed by atoms with E-state index in [0.29, 0.717) is 5.69 Å². The summed E-state index contributed by atoms with van der Waals surface area (Å²) in [7, 11) is 2.84. The minimum absolute atomic E-state index is 0.000180. The van der Waals surface area contributed by atoms with Crippen molar-refractivity contribution in [2.75, 3.05) is 7.11 Å². The molecule has 1 aromatic heterocycles. The average molecular weight is 335 g/mol. The Hall–Kier alpha value is -1.08. The third-order valence-electron chi connectivity index (χ3n) is 2.63. The SMILES string of the molecule is COCc1nn(-c2cccc(C)c2)c(Cl)c1S(=O)(=O)Cl. The second kappa shape index (κ2) is 5.73. The van der Waals surface area contributed by atoms with Gasteiger partial charge in [0.05, 0.1) is 12.3 Å². The second-order valence-electron chi connectivity index (χ2n) is 4.19. The molecule has 0 saturated carbocycles. The Morgan fingerprint density at radius 1 is 1.40 bits per heavy atom. The third kappa shape index (κ3) is 2.98. The van der Waals surface area contributed by atoms with Gasteiger partial charge in [-0.1, -0.05) is 23.7 Å². The molecular weight excluding hydrogens is 323 g/mol. The number of rotatable bonds is 4. The van der Waals surface area contributed by atoms with Crippen LogP contribution in [-0.2, 0) is 20.4 Å². The first kappa shape index (κ1) is 15.3. The molecule has 5 nitrogen and oxygen atoms in total. The quantitative estimate of drug-likeness (QED) is 0.806. The molecule has 0 aliphatic carbocycles. The third-order valence-corrected chi connectivity index (χ3v) is 4.47. The summed E-state index contributed by atoms with van der Waals surface area (Å²) in [6.45, 7) is 1.91. The summed E-state index contributed by atoms with van der Waals surface area (Å²) in [5.41, 5.74) is 1.82. The molecule has 0 amide bonds. The van der Waals surface area contributed by atoms with E-state index in [2.05, 4.69) is 5.10 Å². The highest BCUT2D eigenvalue weighted by atomic mass is 35.7. The molecule has 8 heteroatoms. The Morgan fingerprint density at radius 2 is 2.10 bits per heavy atom. The maximum Gasteiger partial charge on any atom is 0.266 e. The van der Waals surface area contributed by atoms with Gasteiger partial charge in [-0.05, 0) is 24.6 Å². The van der Waals surface area contributed by atoms with Gasteiger partial charge < -0.3 is 4.74 Å². The Balaban J connectivity index is 2.68. The fraction of sp³-hybridized carbons (Fsp3) is 0.250. The number of methoxy groups -OCH3 is 1. The van der Waals surface area contributed by atoms with Crippen LogP contribution in [0.15, 0.2) is 29.2 Å². The van der Waals surface area contributed by atoms with Crippen LogP contribution in [0.2, 0.25) is 5.15 Å². The average Bonchev–Trinajstić information content (AvgIpc) is 2.66. The van der Waals surface area contributed by atoms with Gasteiger partial charge in [0.2, 0.25) is 0 Å². The van der Waals surface area contributed by atoms with Crippen molar-refractivity contribution in [3.8, 4) is 5.69 Å². The Bertz CT molecular complexity index is 741. The van der Waals surface area contributed by atoms with Gasteiger partial charge in [-0.2, -0.15) is 5.10 Å². The minimum atomic E-state index is -4.01. The van der Waals surface area contributed by atoms with E-state index in [-0.39, 0.29) is 22.3 Å². The topological polar surface area (TPSA) is 61.2 Å². The molecule has 0 aliphatic heterocycles. The van der Waals surface area contributed by atoms with Crippen LogP contribution in [-0.4, -0.2) is 25.3 Å². The predicted molar refractivity (Wildman–Crippen MR) is 77.1 cm³/mol. The van der Waals surface area contributed by atoms with Crippen LogP contribution < -0.4 is 0 Å². The van der Waals surface area contributed by atoms with Crippen molar-refractivity contribution in [1.29, 1.82) is 0 Å². The van der Waals surface area contributed by atoms with Crippen LogP contribution in [0.4, 0.5) is 0 Å². The largest absolute Gasteiger partial charge is 0.378 e. The molecule has 2 aromatic rings. The smallest absolute Gasteiger partial charge is 0.266 e. The fourth-order valence-corrected chi connectivity index (χ4v) is 3.65. The molecule has 0 aliphatic rings. The van der Waals surface area contributed by atoms with E-state index in [1.807, 2.05) is 25.1 Å². The van der Waals surface area contributed by atoms with Crippen molar-refractivity contribution in [1.82, 2.24) is 9.78 Å². The summed E-state index contributed by atoms with van der Waals surface area (Å²) >= 11 is 6.12. The van der Waals surface area contributed by atoms with Crippen molar-refractivity contribution < 1.29 is 13.2 Å².